The molecule has 3 aromatic carbocycles. The molecular formula is C31H38FN3O7S. The summed E-state index contributed by atoms with van der Waals surface area (Å²) in [4.78, 5) is 28.3. The highest BCUT2D eigenvalue weighted by Crippen LogP contribution is 2.32. The zero-order valence-electron chi connectivity index (χ0n) is 25.2. The van der Waals surface area contributed by atoms with Crippen LogP contribution in [0, 0.1) is 11.7 Å². The number of hydrogen-bond acceptors (Lipinski definition) is 7. The third-order valence-corrected chi connectivity index (χ3v) is 8.45. The maximum absolute atomic E-state index is 14.0. The summed E-state index contributed by atoms with van der Waals surface area (Å²) in [6.45, 7) is 5.21. The zero-order chi connectivity index (χ0) is 31.7. The van der Waals surface area contributed by atoms with Gasteiger partial charge in [-0.3, -0.25) is 13.9 Å². The monoisotopic (exact) mass is 615 g/mol. The normalized spacial score (nSPS) is 11.9. The molecule has 10 nitrogen and oxygen atoms in total. The van der Waals surface area contributed by atoms with Crippen molar-refractivity contribution in [2.75, 3.05) is 38.7 Å². The second-order valence-electron chi connectivity index (χ2n) is 10.2. The number of benzene rings is 3. The van der Waals surface area contributed by atoms with E-state index in [-0.39, 0.29) is 34.7 Å². The van der Waals surface area contributed by atoms with E-state index < -0.39 is 34.3 Å². The first-order chi connectivity index (χ1) is 20.4. The summed E-state index contributed by atoms with van der Waals surface area (Å²) >= 11 is 0. The number of carbonyl (C=O) groups is 2. The molecule has 12 heteroatoms. The largest absolute Gasteiger partial charge is 0.497 e. The molecule has 0 spiro atoms. The Balaban J connectivity index is 2.06. The number of methoxy groups -OCH3 is 3. The molecule has 0 aliphatic heterocycles. The number of hydrogen-bond donors (Lipinski definition) is 1. The summed E-state index contributed by atoms with van der Waals surface area (Å²) in [5.41, 5.74) is 0.732. The van der Waals surface area contributed by atoms with E-state index >= 15 is 0 Å². The van der Waals surface area contributed by atoms with Crippen LogP contribution in [-0.4, -0.2) is 65.6 Å². The van der Waals surface area contributed by atoms with E-state index in [0.717, 1.165) is 16.4 Å². The van der Waals surface area contributed by atoms with Gasteiger partial charge in [0.05, 0.1) is 31.9 Å². The van der Waals surface area contributed by atoms with Crippen molar-refractivity contribution in [3.8, 4) is 17.2 Å². The number of sulfonamides is 1. The maximum atomic E-state index is 14.0. The zero-order valence-corrected chi connectivity index (χ0v) is 26.0. The molecule has 1 N–H and O–H groups in total. The van der Waals surface area contributed by atoms with Gasteiger partial charge in [0.2, 0.25) is 11.8 Å². The molecule has 0 radical (unpaired) electrons. The maximum Gasteiger partial charge on any atom is 0.264 e. The van der Waals surface area contributed by atoms with Gasteiger partial charge in [-0.2, -0.15) is 0 Å². The van der Waals surface area contributed by atoms with E-state index in [4.69, 9.17) is 14.2 Å². The summed E-state index contributed by atoms with van der Waals surface area (Å²) in [7, 11) is -0.0851. The van der Waals surface area contributed by atoms with Crippen molar-refractivity contribution >= 4 is 27.5 Å². The van der Waals surface area contributed by atoms with Gasteiger partial charge in [-0.25, -0.2) is 12.8 Å². The van der Waals surface area contributed by atoms with Crippen LogP contribution in [0.3, 0.4) is 0 Å². The summed E-state index contributed by atoms with van der Waals surface area (Å²) in [6, 6.07) is 14.9. The van der Waals surface area contributed by atoms with Crippen LogP contribution in [0.5, 0.6) is 17.2 Å². The standard InChI is InChI=1S/C31H38FN3O7S/c1-21(2)18-33-31(37)22(3)34(19-23-8-7-9-26(16-23)40-4)30(36)20-35(25-12-10-24(32)11-13-25)43(38,39)27-14-15-28(41-5)29(17-27)42-6/h7-17,21-22H,18-20H2,1-6H3,(H,33,37)/t22-/m1/s1. The van der Waals surface area contributed by atoms with Crippen molar-refractivity contribution in [2.45, 2.75) is 38.3 Å². The molecule has 0 bridgehead atoms. The third kappa shape index (κ3) is 8.38. The third-order valence-electron chi connectivity index (χ3n) is 6.68. The van der Waals surface area contributed by atoms with E-state index in [1.807, 2.05) is 13.8 Å². The van der Waals surface area contributed by atoms with Crippen molar-refractivity contribution in [1.82, 2.24) is 10.2 Å². The Bertz CT molecular complexity index is 1510. The fourth-order valence-corrected chi connectivity index (χ4v) is 5.67. The number of carbonyl (C=O) groups excluding carboxylic acids is 2. The molecule has 1 atom stereocenters. The SMILES string of the molecule is COc1cccc(CN(C(=O)CN(c2ccc(F)cc2)S(=O)(=O)c2ccc(OC)c(OC)c2)[C@H](C)C(=O)NCC(C)C)c1. The van der Waals surface area contributed by atoms with Gasteiger partial charge in [0.15, 0.2) is 11.5 Å². The lowest BCUT2D eigenvalue weighted by Crippen LogP contribution is -2.51. The van der Waals surface area contributed by atoms with E-state index in [9.17, 15) is 22.4 Å². The lowest BCUT2D eigenvalue weighted by atomic mass is 10.1. The molecule has 2 amide bonds. The van der Waals surface area contributed by atoms with Crippen LogP contribution in [0.15, 0.2) is 71.6 Å². The average Bonchev–Trinajstić information content (AvgIpc) is 3.00. The van der Waals surface area contributed by atoms with Gasteiger partial charge in [-0.15, -0.1) is 0 Å². The molecule has 0 saturated heterocycles. The fourth-order valence-electron chi connectivity index (χ4n) is 4.24. The van der Waals surface area contributed by atoms with Gasteiger partial charge in [-0.1, -0.05) is 26.0 Å². The molecule has 0 heterocycles. The Hall–Kier alpha value is -4.32. The molecule has 0 unspecified atom stereocenters. The number of ether oxygens (including phenoxy) is 3. The molecule has 0 fully saturated rings. The molecule has 232 valence electrons. The molecule has 0 aliphatic rings. The summed E-state index contributed by atoms with van der Waals surface area (Å²) in [5.74, 6) is -0.385. The summed E-state index contributed by atoms with van der Waals surface area (Å²) in [5, 5.41) is 2.84. The first-order valence-corrected chi connectivity index (χ1v) is 15.1. The van der Waals surface area contributed by atoms with Crippen LogP contribution in [0.2, 0.25) is 0 Å². The molecule has 43 heavy (non-hydrogen) atoms. The lowest BCUT2D eigenvalue weighted by molar-refractivity contribution is -0.139. The van der Waals surface area contributed by atoms with E-state index in [1.54, 1.807) is 31.2 Å². The molecule has 3 aromatic rings. The predicted octanol–water partition coefficient (Wildman–Crippen LogP) is 4.24. The number of halogens is 1. The van der Waals surface area contributed by atoms with Crippen LogP contribution in [0.4, 0.5) is 10.1 Å². The van der Waals surface area contributed by atoms with Crippen molar-refractivity contribution in [1.29, 1.82) is 0 Å². The lowest BCUT2D eigenvalue weighted by Gasteiger charge is -2.32. The molecular weight excluding hydrogens is 577 g/mol. The Labute approximate surface area is 252 Å². The highest BCUT2D eigenvalue weighted by atomic mass is 32.2. The van der Waals surface area contributed by atoms with E-state index in [0.29, 0.717) is 23.6 Å². The number of anilines is 1. The van der Waals surface area contributed by atoms with Gasteiger partial charge in [0.1, 0.15) is 24.2 Å². The van der Waals surface area contributed by atoms with Gasteiger partial charge in [0, 0.05) is 19.2 Å². The van der Waals surface area contributed by atoms with Crippen LogP contribution in [0.1, 0.15) is 26.3 Å². The highest BCUT2D eigenvalue weighted by Gasteiger charge is 2.33. The Kier molecular flexibility index (Phi) is 11.4. The van der Waals surface area contributed by atoms with Crippen molar-refractivity contribution in [3.05, 3.63) is 78.1 Å². The van der Waals surface area contributed by atoms with Crippen molar-refractivity contribution in [2.24, 2.45) is 5.92 Å². The van der Waals surface area contributed by atoms with Crippen LogP contribution in [0.25, 0.3) is 0 Å². The van der Waals surface area contributed by atoms with Gasteiger partial charge < -0.3 is 24.4 Å². The molecule has 3 rings (SSSR count). The molecule has 0 aromatic heterocycles. The van der Waals surface area contributed by atoms with Gasteiger partial charge in [-0.05, 0) is 66.9 Å². The molecule has 0 aliphatic carbocycles. The van der Waals surface area contributed by atoms with Crippen molar-refractivity contribution in [3.63, 3.8) is 0 Å². The fraction of sp³-hybridized carbons (Fsp3) is 0.355. The first-order valence-electron chi connectivity index (χ1n) is 13.6. The van der Waals surface area contributed by atoms with Crippen LogP contribution < -0.4 is 23.8 Å². The number of amides is 2. The van der Waals surface area contributed by atoms with E-state index in [2.05, 4.69) is 5.32 Å². The number of rotatable bonds is 14. The van der Waals surface area contributed by atoms with Gasteiger partial charge in [0.25, 0.3) is 10.0 Å². The topological polar surface area (TPSA) is 114 Å². The Morgan fingerprint density at radius 1 is 0.884 bits per heavy atom. The summed E-state index contributed by atoms with van der Waals surface area (Å²) in [6.07, 6.45) is 0. The highest BCUT2D eigenvalue weighted by molar-refractivity contribution is 7.92. The first kappa shape index (κ1) is 33.2. The minimum absolute atomic E-state index is 0.0000370. The van der Waals surface area contributed by atoms with Gasteiger partial charge >= 0.3 is 0 Å². The smallest absolute Gasteiger partial charge is 0.264 e. The number of nitrogens with zero attached hydrogens (tertiary/aromatic N) is 2. The quantitative estimate of drug-likeness (QED) is 0.289. The minimum atomic E-state index is -4.40. The van der Waals surface area contributed by atoms with Crippen molar-refractivity contribution < 1.29 is 36.6 Å². The Morgan fingerprint density at radius 2 is 1.56 bits per heavy atom. The minimum Gasteiger partial charge on any atom is -0.497 e. The second kappa shape index (κ2) is 14.7. The van der Waals surface area contributed by atoms with E-state index in [1.165, 1.54) is 56.6 Å². The Morgan fingerprint density at radius 3 is 2.16 bits per heavy atom. The second-order valence-corrected chi connectivity index (χ2v) is 12.1. The number of nitrogens with one attached hydrogen (secondary N) is 1. The van der Waals surface area contributed by atoms with Crippen LogP contribution in [-0.2, 0) is 26.2 Å². The average molecular weight is 616 g/mol. The predicted molar refractivity (Wildman–Crippen MR) is 161 cm³/mol. The van der Waals surface area contributed by atoms with Crippen LogP contribution >= 0.6 is 0 Å². The molecule has 0 saturated carbocycles. The summed E-state index contributed by atoms with van der Waals surface area (Å²) < 4.78 is 58.6.